The second kappa shape index (κ2) is 8.63. The molecular weight excluding hydrogens is 388 g/mol. The summed E-state index contributed by atoms with van der Waals surface area (Å²) in [5.74, 6) is 0.575. The number of halogens is 3. The van der Waals surface area contributed by atoms with Crippen molar-refractivity contribution in [1.29, 1.82) is 0 Å². The van der Waals surface area contributed by atoms with Crippen molar-refractivity contribution in [2.45, 2.75) is 32.7 Å². The van der Waals surface area contributed by atoms with Crippen LogP contribution in [0.25, 0.3) is 11.4 Å². The topological polar surface area (TPSA) is 47.8 Å². The summed E-state index contributed by atoms with van der Waals surface area (Å²) < 4.78 is 15.3. The second-order valence-electron chi connectivity index (χ2n) is 6.16. The van der Waals surface area contributed by atoms with Gasteiger partial charge in [0.25, 0.3) is 0 Å². The number of aryl methyl sites for hydroxylation is 2. The standard InChI is InChI=1S/C20H18Cl2FN3O/c1-2-19-24-20(14-7-9-17(22)18(23)11-14)25-26(19)12-16(27)8-6-13-4-3-5-15(21)10-13/h3-5,7,9-11H,2,6,8,12H2,1H3. The van der Waals surface area contributed by atoms with Crippen molar-refractivity contribution < 1.29 is 9.18 Å². The number of Topliss-reactive ketones (excluding diaryl/α,β-unsaturated/α-hetero) is 1. The minimum Gasteiger partial charge on any atom is -0.298 e. The van der Waals surface area contributed by atoms with Crippen LogP contribution >= 0.6 is 23.2 Å². The summed E-state index contributed by atoms with van der Waals surface area (Å²) in [7, 11) is 0. The maximum Gasteiger partial charge on any atom is 0.181 e. The molecule has 0 radical (unpaired) electrons. The molecule has 1 aromatic heterocycles. The van der Waals surface area contributed by atoms with E-state index >= 15 is 0 Å². The number of carbonyl (C=O) groups is 1. The summed E-state index contributed by atoms with van der Waals surface area (Å²) in [4.78, 5) is 16.8. The molecule has 0 fully saturated rings. The molecule has 0 amide bonds. The van der Waals surface area contributed by atoms with E-state index in [4.69, 9.17) is 23.2 Å². The zero-order valence-corrected chi connectivity index (χ0v) is 16.3. The lowest BCUT2D eigenvalue weighted by molar-refractivity contribution is -0.119. The Labute approximate surface area is 166 Å². The molecule has 1 heterocycles. The van der Waals surface area contributed by atoms with Crippen molar-refractivity contribution in [1.82, 2.24) is 14.8 Å². The van der Waals surface area contributed by atoms with Gasteiger partial charge >= 0.3 is 0 Å². The predicted octanol–water partition coefficient (Wildman–Crippen LogP) is 5.16. The van der Waals surface area contributed by atoms with Crippen molar-refractivity contribution in [2.24, 2.45) is 0 Å². The smallest absolute Gasteiger partial charge is 0.181 e. The number of benzene rings is 2. The van der Waals surface area contributed by atoms with Gasteiger partial charge in [-0.05, 0) is 42.3 Å². The lowest BCUT2D eigenvalue weighted by Gasteiger charge is -2.04. The van der Waals surface area contributed by atoms with Crippen LogP contribution in [0.15, 0.2) is 42.5 Å². The monoisotopic (exact) mass is 405 g/mol. The number of rotatable bonds is 7. The first-order valence-corrected chi connectivity index (χ1v) is 9.37. The molecule has 0 spiro atoms. The van der Waals surface area contributed by atoms with Gasteiger partial charge in [-0.15, -0.1) is 0 Å². The number of ketones is 1. The molecule has 0 aliphatic rings. The van der Waals surface area contributed by atoms with Crippen LogP contribution in [-0.4, -0.2) is 20.5 Å². The summed E-state index contributed by atoms with van der Waals surface area (Å²) in [6, 6.07) is 11.9. The van der Waals surface area contributed by atoms with E-state index in [9.17, 15) is 9.18 Å². The van der Waals surface area contributed by atoms with Crippen LogP contribution in [0, 0.1) is 5.82 Å². The largest absolute Gasteiger partial charge is 0.298 e. The highest BCUT2D eigenvalue weighted by molar-refractivity contribution is 6.31. The molecule has 7 heteroatoms. The van der Waals surface area contributed by atoms with Gasteiger partial charge in [0, 0.05) is 23.4 Å². The molecule has 4 nitrogen and oxygen atoms in total. The summed E-state index contributed by atoms with van der Waals surface area (Å²) in [5, 5.41) is 5.09. The lowest BCUT2D eigenvalue weighted by Crippen LogP contribution is -2.14. The highest BCUT2D eigenvalue weighted by atomic mass is 35.5. The fourth-order valence-electron chi connectivity index (χ4n) is 2.74. The van der Waals surface area contributed by atoms with Crippen LogP contribution < -0.4 is 0 Å². The lowest BCUT2D eigenvalue weighted by atomic mass is 10.1. The molecule has 0 atom stereocenters. The molecule has 0 saturated heterocycles. The molecule has 0 aliphatic heterocycles. The summed E-state index contributed by atoms with van der Waals surface area (Å²) in [5.41, 5.74) is 1.54. The van der Waals surface area contributed by atoms with E-state index in [2.05, 4.69) is 10.1 Å². The van der Waals surface area contributed by atoms with Crippen molar-refractivity contribution in [3.8, 4) is 11.4 Å². The number of carbonyl (C=O) groups excluding carboxylic acids is 1. The molecule has 0 aliphatic carbocycles. The number of aromatic nitrogens is 3. The average molecular weight is 406 g/mol. The predicted molar refractivity (Wildman–Crippen MR) is 105 cm³/mol. The molecule has 0 bridgehead atoms. The van der Waals surface area contributed by atoms with Gasteiger partial charge in [-0.2, -0.15) is 5.10 Å². The van der Waals surface area contributed by atoms with Gasteiger partial charge in [-0.3, -0.25) is 4.79 Å². The Morgan fingerprint density at radius 3 is 2.70 bits per heavy atom. The summed E-state index contributed by atoms with van der Waals surface area (Å²) in [6.45, 7) is 2.07. The Hall–Kier alpha value is -2.24. The molecule has 3 rings (SSSR count). The van der Waals surface area contributed by atoms with E-state index in [1.807, 2.05) is 25.1 Å². The van der Waals surface area contributed by atoms with Crippen LogP contribution in [0.5, 0.6) is 0 Å². The molecule has 0 N–H and O–H groups in total. The van der Waals surface area contributed by atoms with E-state index < -0.39 is 5.82 Å². The van der Waals surface area contributed by atoms with Gasteiger partial charge in [0.2, 0.25) is 0 Å². The minimum atomic E-state index is -0.527. The molecule has 2 aromatic carbocycles. The van der Waals surface area contributed by atoms with E-state index in [0.29, 0.717) is 41.5 Å². The van der Waals surface area contributed by atoms with Gasteiger partial charge in [0.15, 0.2) is 11.6 Å². The molecule has 3 aromatic rings. The number of hydrogen-bond donors (Lipinski definition) is 0. The molecule has 0 saturated carbocycles. The van der Waals surface area contributed by atoms with E-state index in [1.54, 1.807) is 16.8 Å². The summed E-state index contributed by atoms with van der Waals surface area (Å²) >= 11 is 11.7. The minimum absolute atomic E-state index is 0.0448. The number of nitrogens with zero attached hydrogens (tertiary/aromatic N) is 3. The first kappa shape index (κ1) is 19.5. The van der Waals surface area contributed by atoms with E-state index in [0.717, 1.165) is 5.56 Å². The SMILES string of the molecule is CCc1nc(-c2ccc(Cl)c(F)c2)nn1CC(=O)CCc1cccc(Cl)c1. The highest BCUT2D eigenvalue weighted by Crippen LogP contribution is 2.22. The average Bonchev–Trinajstić information content (AvgIpc) is 3.05. The zero-order valence-electron chi connectivity index (χ0n) is 14.8. The van der Waals surface area contributed by atoms with E-state index in [1.165, 1.54) is 12.1 Å². The molecule has 140 valence electrons. The zero-order chi connectivity index (χ0) is 19.4. The second-order valence-corrected chi connectivity index (χ2v) is 7.00. The van der Waals surface area contributed by atoms with Gasteiger partial charge in [-0.25, -0.2) is 14.1 Å². The van der Waals surface area contributed by atoms with Crippen LogP contribution in [-0.2, 0) is 24.2 Å². The Bertz CT molecular complexity index is 972. The molecular formula is C20H18Cl2FN3O. The van der Waals surface area contributed by atoms with Gasteiger partial charge in [0.1, 0.15) is 18.2 Å². The van der Waals surface area contributed by atoms with Crippen molar-refractivity contribution in [3.63, 3.8) is 0 Å². The summed E-state index contributed by atoms with van der Waals surface area (Å²) in [6.07, 6.45) is 1.61. The first-order valence-electron chi connectivity index (χ1n) is 8.61. The fourth-order valence-corrected chi connectivity index (χ4v) is 3.07. The van der Waals surface area contributed by atoms with Gasteiger partial charge in [0.05, 0.1) is 5.02 Å². The Morgan fingerprint density at radius 2 is 2.00 bits per heavy atom. The Balaban J connectivity index is 1.71. The molecule has 0 unspecified atom stereocenters. The van der Waals surface area contributed by atoms with Crippen molar-refractivity contribution >= 4 is 29.0 Å². The Morgan fingerprint density at radius 1 is 1.19 bits per heavy atom. The van der Waals surface area contributed by atoms with Crippen LogP contribution in [0.3, 0.4) is 0 Å². The third-order valence-electron chi connectivity index (χ3n) is 4.15. The van der Waals surface area contributed by atoms with Gasteiger partial charge in [-0.1, -0.05) is 42.3 Å². The normalized spacial score (nSPS) is 11.0. The van der Waals surface area contributed by atoms with Crippen LogP contribution in [0.4, 0.5) is 4.39 Å². The quantitative estimate of drug-likeness (QED) is 0.545. The third kappa shape index (κ3) is 4.93. The third-order valence-corrected chi connectivity index (χ3v) is 4.69. The van der Waals surface area contributed by atoms with Crippen molar-refractivity contribution in [2.75, 3.05) is 0 Å². The van der Waals surface area contributed by atoms with Crippen molar-refractivity contribution in [3.05, 3.63) is 69.7 Å². The van der Waals surface area contributed by atoms with Crippen LogP contribution in [0.2, 0.25) is 10.0 Å². The van der Waals surface area contributed by atoms with Crippen LogP contribution in [0.1, 0.15) is 24.7 Å². The number of hydrogen-bond acceptors (Lipinski definition) is 3. The maximum atomic E-state index is 13.7. The van der Waals surface area contributed by atoms with E-state index in [-0.39, 0.29) is 17.4 Å². The first-order chi connectivity index (χ1) is 13.0. The van der Waals surface area contributed by atoms with Gasteiger partial charge < -0.3 is 0 Å². The Kier molecular flexibility index (Phi) is 6.24. The molecule has 27 heavy (non-hydrogen) atoms. The highest BCUT2D eigenvalue weighted by Gasteiger charge is 2.14. The maximum absolute atomic E-state index is 13.7. The fraction of sp³-hybridized carbons (Fsp3) is 0.250.